The highest BCUT2D eigenvalue weighted by molar-refractivity contribution is 7.99. The highest BCUT2D eigenvalue weighted by Gasteiger charge is 2.22. The monoisotopic (exact) mass is 408 g/mol. The lowest BCUT2D eigenvalue weighted by Crippen LogP contribution is -2.30. The maximum Gasteiger partial charge on any atom is 0.155 e. The van der Waals surface area contributed by atoms with Gasteiger partial charge in [0.05, 0.1) is 11.4 Å². The number of hydrogen-bond donors (Lipinski definition) is 0. The summed E-state index contributed by atoms with van der Waals surface area (Å²) in [6.45, 7) is 10.1. The zero-order valence-corrected chi connectivity index (χ0v) is 18.3. The number of anilines is 2. The Labute approximate surface area is 179 Å². The fourth-order valence-electron chi connectivity index (χ4n) is 3.86. The van der Waals surface area contributed by atoms with Crippen molar-refractivity contribution in [1.82, 2.24) is 4.90 Å². The minimum atomic E-state index is 0.160. The quantitative estimate of drug-likeness (QED) is 0.303. The fraction of sp³-hybridized carbons (Fsp3) is 0.400. The van der Waals surface area contributed by atoms with Crippen molar-refractivity contribution in [2.45, 2.75) is 48.8 Å². The van der Waals surface area contributed by atoms with Crippen LogP contribution in [0.3, 0.4) is 0 Å². The summed E-state index contributed by atoms with van der Waals surface area (Å²) in [5.74, 6) is 0.160. The Balaban J connectivity index is 1.57. The SMILES string of the molecule is C=CC(=O)CCCCN(CCC)CCCN1c2ccccc2Sc2ccccc21. The molecule has 0 aliphatic carbocycles. The van der Waals surface area contributed by atoms with Crippen molar-refractivity contribution >= 4 is 28.9 Å². The van der Waals surface area contributed by atoms with Gasteiger partial charge in [-0.2, -0.15) is 0 Å². The molecule has 1 aliphatic rings. The summed E-state index contributed by atoms with van der Waals surface area (Å²) >= 11 is 1.87. The molecule has 0 bridgehead atoms. The number of nitrogens with zero attached hydrogens (tertiary/aromatic N) is 2. The predicted octanol–water partition coefficient (Wildman–Crippen LogP) is 6.32. The van der Waals surface area contributed by atoms with Crippen molar-refractivity contribution in [2.75, 3.05) is 31.1 Å². The number of fused-ring (bicyclic) bond motifs is 2. The van der Waals surface area contributed by atoms with Crippen molar-refractivity contribution in [1.29, 1.82) is 0 Å². The van der Waals surface area contributed by atoms with Crippen molar-refractivity contribution < 1.29 is 4.79 Å². The number of benzene rings is 2. The molecule has 0 aromatic heterocycles. The molecule has 2 aromatic carbocycles. The van der Waals surface area contributed by atoms with E-state index in [-0.39, 0.29) is 5.78 Å². The van der Waals surface area contributed by atoms with Crippen LogP contribution < -0.4 is 4.90 Å². The molecule has 1 aliphatic heterocycles. The van der Waals surface area contributed by atoms with E-state index in [0.29, 0.717) is 6.42 Å². The normalized spacial score (nSPS) is 12.6. The molecule has 0 saturated carbocycles. The Bertz CT molecular complexity index is 774. The van der Waals surface area contributed by atoms with Gasteiger partial charge in [-0.25, -0.2) is 0 Å². The number of carbonyl (C=O) groups is 1. The third-order valence-corrected chi connectivity index (χ3v) is 6.43. The van der Waals surface area contributed by atoms with E-state index in [4.69, 9.17) is 0 Å². The summed E-state index contributed by atoms with van der Waals surface area (Å²) in [6.07, 6.45) is 6.39. The molecule has 0 unspecified atom stereocenters. The van der Waals surface area contributed by atoms with Crippen molar-refractivity contribution in [3.63, 3.8) is 0 Å². The maximum absolute atomic E-state index is 11.4. The van der Waals surface area contributed by atoms with Crippen LogP contribution in [-0.2, 0) is 4.79 Å². The lowest BCUT2D eigenvalue weighted by atomic mass is 10.1. The maximum atomic E-state index is 11.4. The highest BCUT2D eigenvalue weighted by Crippen LogP contribution is 2.47. The molecule has 0 fully saturated rings. The molecule has 29 heavy (non-hydrogen) atoms. The first-order chi connectivity index (χ1) is 14.2. The number of rotatable bonds is 12. The summed E-state index contributed by atoms with van der Waals surface area (Å²) in [7, 11) is 0. The Morgan fingerprint density at radius 2 is 1.59 bits per heavy atom. The van der Waals surface area contributed by atoms with Crippen LogP contribution in [0.15, 0.2) is 71.0 Å². The molecule has 0 amide bonds. The van der Waals surface area contributed by atoms with Crippen molar-refractivity contribution in [3.8, 4) is 0 Å². The summed E-state index contributed by atoms with van der Waals surface area (Å²) in [4.78, 5) is 19.1. The number of unbranched alkanes of at least 4 members (excludes halogenated alkanes) is 1. The number of ketones is 1. The first kappa shape index (κ1) is 21.7. The van der Waals surface area contributed by atoms with Crippen LogP contribution in [0.4, 0.5) is 11.4 Å². The van der Waals surface area contributed by atoms with E-state index in [1.807, 2.05) is 11.8 Å². The second-order valence-corrected chi connectivity index (χ2v) is 8.60. The minimum Gasteiger partial charge on any atom is -0.340 e. The van der Waals surface area contributed by atoms with Gasteiger partial charge in [-0.1, -0.05) is 49.5 Å². The lowest BCUT2D eigenvalue weighted by Gasteiger charge is -2.33. The Morgan fingerprint density at radius 1 is 0.966 bits per heavy atom. The van der Waals surface area contributed by atoms with E-state index in [0.717, 1.165) is 51.9 Å². The van der Waals surface area contributed by atoms with Crippen LogP contribution in [0.5, 0.6) is 0 Å². The highest BCUT2D eigenvalue weighted by atomic mass is 32.2. The van der Waals surface area contributed by atoms with Gasteiger partial charge < -0.3 is 9.80 Å². The molecule has 0 spiro atoms. The number of hydrogen-bond acceptors (Lipinski definition) is 4. The van der Waals surface area contributed by atoms with E-state index < -0.39 is 0 Å². The second-order valence-electron chi connectivity index (χ2n) is 7.51. The van der Waals surface area contributed by atoms with Crippen LogP contribution in [0.25, 0.3) is 0 Å². The van der Waals surface area contributed by atoms with Gasteiger partial charge in [-0.05, 0) is 75.7 Å². The summed E-state index contributed by atoms with van der Waals surface area (Å²) in [6, 6.07) is 17.4. The minimum absolute atomic E-state index is 0.160. The molecule has 1 heterocycles. The van der Waals surface area contributed by atoms with E-state index >= 15 is 0 Å². The van der Waals surface area contributed by atoms with Crippen LogP contribution in [-0.4, -0.2) is 36.9 Å². The van der Waals surface area contributed by atoms with Gasteiger partial charge in [0, 0.05) is 22.8 Å². The Morgan fingerprint density at radius 3 is 2.21 bits per heavy atom. The summed E-state index contributed by atoms with van der Waals surface area (Å²) in [5, 5.41) is 0. The average molecular weight is 409 g/mol. The first-order valence-electron chi connectivity index (χ1n) is 10.7. The Hall–Kier alpha value is -2.04. The van der Waals surface area contributed by atoms with E-state index in [1.54, 1.807) is 0 Å². The van der Waals surface area contributed by atoms with Gasteiger partial charge in [0.2, 0.25) is 0 Å². The van der Waals surface area contributed by atoms with E-state index in [2.05, 4.69) is 71.8 Å². The van der Waals surface area contributed by atoms with E-state index in [9.17, 15) is 4.79 Å². The van der Waals surface area contributed by atoms with Gasteiger partial charge in [0.25, 0.3) is 0 Å². The molecular weight excluding hydrogens is 376 g/mol. The largest absolute Gasteiger partial charge is 0.340 e. The smallest absolute Gasteiger partial charge is 0.155 e. The standard InChI is InChI=1S/C25H32N2OS/c1-3-17-26(18-10-9-12-21(28)4-2)19-11-20-27-22-13-5-7-15-24(22)29-25-16-8-6-14-23(25)27/h4-8,13-16H,2-3,9-12,17-20H2,1H3. The topological polar surface area (TPSA) is 23.6 Å². The zero-order chi connectivity index (χ0) is 20.5. The van der Waals surface area contributed by atoms with Gasteiger partial charge in [0.15, 0.2) is 5.78 Å². The van der Waals surface area contributed by atoms with E-state index in [1.165, 1.54) is 27.2 Å². The molecule has 3 nitrogen and oxygen atoms in total. The van der Waals surface area contributed by atoms with Gasteiger partial charge in [0.1, 0.15) is 0 Å². The van der Waals surface area contributed by atoms with Gasteiger partial charge >= 0.3 is 0 Å². The van der Waals surface area contributed by atoms with Crippen LogP contribution in [0.2, 0.25) is 0 Å². The lowest BCUT2D eigenvalue weighted by molar-refractivity contribution is -0.114. The molecular formula is C25H32N2OS. The molecule has 4 heteroatoms. The van der Waals surface area contributed by atoms with Crippen LogP contribution in [0, 0.1) is 0 Å². The summed E-state index contributed by atoms with van der Waals surface area (Å²) < 4.78 is 0. The molecule has 3 rings (SSSR count). The predicted molar refractivity (Wildman–Crippen MR) is 124 cm³/mol. The molecule has 2 aromatic rings. The van der Waals surface area contributed by atoms with Gasteiger partial charge in [-0.15, -0.1) is 0 Å². The van der Waals surface area contributed by atoms with Crippen molar-refractivity contribution in [2.24, 2.45) is 0 Å². The number of para-hydroxylation sites is 2. The third kappa shape index (κ3) is 5.97. The van der Waals surface area contributed by atoms with Crippen LogP contribution >= 0.6 is 11.8 Å². The first-order valence-corrected chi connectivity index (χ1v) is 11.6. The number of allylic oxidation sites excluding steroid dienone is 1. The molecule has 0 saturated heterocycles. The molecule has 0 radical (unpaired) electrons. The van der Waals surface area contributed by atoms with Crippen LogP contribution in [0.1, 0.15) is 39.0 Å². The second kappa shape index (κ2) is 11.2. The number of carbonyl (C=O) groups excluding carboxylic acids is 1. The molecule has 154 valence electrons. The Kier molecular flexibility index (Phi) is 8.38. The molecule has 0 N–H and O–H groups in total. The average Bonchev–Trinajstić information content (AvgIpc) is 2.75. The molecule has 0 atom stereocenters. The van der Waals surface area contributed by atoms with Crippen molar-refractivity contribution in [3.05, 3.63) is 61.2 Å². The van der Waals surface area contributed by atoms with Gasteiger partial charge in [-0.3, -0.25) is 4.79 Å². The zero-order valence-electron chi connectivity index (χ0n) is 17.5. The summed E-state index contributed by atoms with van der Waals surface area (Å²) in [5.41, 5.74) is 2.64. The third-order valence-electron chi connectivity index (χ3n) is 5.30. The fourth-order valence-corrected chi connectivity index (χ4v) is 4.96.